The van der Waals surface area contributed by atoms with Gasteiger partial charge in [0, 0.05) is 5.02 Å². The molecule has 0 amide bonds. The number of aromatic nitrogens is 2. The summed E-state index contributed by atoms with van der Waals surface area (Å²) in [7, 11) is 1.50. The van der Waals surface area contributed by atoms with Gasteiger partial charge in [0.1, 0.15) is 11.4 Å². The van der Waals surface area contributed by atoms with Crippen LogP contribution in [0, 0.1) is 17.0 Å². The van der Waals surface area contributed by atoms with Crippen molar-refractivity contribution in [2.24, 2.45) is 0 Å². The monoisotopic (exact) mass is 282 g/mol. The quantitative estimate of drug-likeness (QED) is 0.664. The smallest absolute Gasteiger partial charge is 0.333 e. The molecule has 0 saturated heterocycles. The van der Waals surface area contributed by atoms with E-state index in [1.807, 2.05) is 0 Å². The third-order valence-electron chi connectivity index (χ3n) is 2.51. The molecule has 2 aromatic rings. The minimum Gasteiger partial charge on any atom is -0.495 e. The molecule has 1 heterocycles. The van der Waals surface area contributed by atoms with Crippen LogP contribution < -0.4 is 10.1 Å². The Kier molecular flexibility index (Phi) is 3.57. The van der Waals surface area contributed by atoms with Crippen molar-refractivity contribution < 1.29 is 9.66 Å². The highest BCUT2D eigenvalue weighted by atomic mass is 35.5. The highest BCUT2D eigenvalue weighted by molar-refractivity contribution is 6.31. The topological polar surface area (TPSA) is 93.1 Å². The average Bonchev–Trinajstić information content (AvgIpc) is 2.71. The van der Waals surface area contributed by atoms with E-state index < -0.39 is 4.92 Å². The van der Waals surface area contributed by atoms with Crippen LogP contribution in [0.25, 0.3) is 0 Å². The standard InChI is InChI=1S/C11H11ClN4O3/c1-6-10(16(17)18)11(15-14-6)13-8-5-7(12)3-4-9(8)19-2/h3-5H,1-2H3,(H2,13,14,15). The molecule has 2 N–H and O–H groups in total. The third-order valence-corrected chi connectivity index (χ3v) is 2.75. The fourth-order valence-corrected chi connectivity index (χ4v) is 1.81. The lowest BCUT2D eigenvalue weighted by molar-refractivity contribution is -0.384. The molecule has 0 atom stereocenters. The number of hydrogen-bond donors (Lipinski definition) is 2. The van der Waals surface area contributed by atoms with E-state index in [0.717, 1.165) is 0 Å². The van der Waals surface area contributed by atoms with Gasteiger partial charge in [-0.25, -0.2) is 0 Å². The van der Waals surface area contributed by atoms with Crippen molar-refractivity contribution in [2.45, 2.75) is 6.92 Å². The van der Waals surface area contributed by atoms with Gasteiger partial charge in [-0.05, 0) is 25.1 Å². The van der Waals surface area contributed by atoms with E-state index in [2.05, 4.69) is 15.5 Å². The summed E-state index contributed by atoms with van der Waals surface area (Å²) in [6, 6.07) is 4.93. The van der Waals surface area contributed by atoms with Gasteiger partial charge in [0.15, 0.2) is 0 Å². The average molecular weight is 283 g/mol. The molecule has 1 aromatic carbocycles. The molecule has 1 aromatic heterocycles. The number of H-pyrrole nitrogens is 1. The van der Waals surface area contributed by atoms with Crippen LogP contribution in [-0.4, -0.2) is 22.2 Å². The molecular weight excluding hydrogens is 272 g/mol. The van der Waals surface area contributed by atoms with E-state index in [1.165, 1.54) is 7.11 Å². The number of benzene rings is 1. The van der Waals surface area contributed by atoms with Crippen molar-refractivity contribution in [1.82, 2.24) is 10.2 Å². The lowest BCUT2D eigenvalue weighted by Crippen LogP contribution is -1.98. The summed E-state index contributed by atoms with van der Waals surface area (Å²) in [5.74, 6) is 0.627. The maximum Gasteiger partial charge on any atom is 0.333 e. The number of rotatable bonds is 4. The number of aromatic amines is 1. The van der Waals surface area contributed by atoms with E-state index in [1.54, 1.807) is 25.1 Å². The molecule has 0 aliphatic carbocycles. The second-order valence-electron chi connectivity index (χ2n) is 3.77. The summed E-state index contributed by atoms with van der Waals surface area (Å²) in [6.45, 7) is 1.57. The summed E-state index contributed by atoms with van der Waals surface area (Å²) >= 11 is 5.89. The maximum absolute atomic E-state index is 11.0. The van der Waals surface area contributed by atoms with Crippen LogP contribution in [0.15, 0.2) is 18.2 Å². The van der Waals surface area contributed by atoms with E-state index in [9.17, 15) is 10.1 Å². The zero-order valence-electron chi connectivity index (χ0n) is 10.2. The normalized spacial score (nSPS) is 10.3. The van der Waals surface area contributed by atoms with E-state index in [0.29, 0.717) is 22.2 Å². The molecule has 0 unspecified atom stereocenters. The van der Waals surface area contributed by atoms with Gasteiger partial charge in [-0.3, -0.25) is 15.2 Å². The van der Waals surface area contributed by atoms with E-state index in [-0.39, 0.29) is 11.5 Å². The lowest BCUT2D eigenvalue weighted by Gasteiger charge is -2.09. The Morgan fingerprint density at radius 1 is 1.53 bits per heavy atom. The molecule has 0 aliphatic heterocycles. The molecular formula is C11H11ClN4O3. The summed E-state index contributed by atoms with van der Waals surface area (Å²) in [5, 5.41) is 20.7. The minimum absolute atomic E-state index is 0.109. The van der Waals surface area contributed by atoms with Gasteiger partial charge in [0.2, 0.25) is 5.82 Å². The Morgan fingerprint density at radius 2 is 2.26 bits per heavy atom. The Morgan fingerprint density at radius 3 is 2.89 bits per heavy atom. The molecule has 7 nitrogen and oxygen atoms in total. The van der Waals surface area contributed by atoms with Crippen LogP contribution in [0.5, 0.6) is 5.75 Å². The molecule has 0 bridgehead atoms. The number of nitro groups is 1. The largest absolute Gasteiger partial charge is 0.495 e. The van der Waals surface area contributed by atoms with Crippen molar-refractivity contribution in [1.29, 1.82) is 0 Å². The molecule has 0 spiro atoms. The maximum atomic E-state index is 11.0. The number of anilines is 2. The van der Waals surface area contributed by atoms with Crippen LogP contribution in [-0.2, 0) is 0 Å². The van der Waals surface area contributed by atoms with E-state index in [4.69, 9.17) is 16.3 Å². The lowest BCUT2D eigenvalue weighted by atomic mass is 10.3. The minimum atomic E-state index is -0.502. The van der Waals surface area contributed by atoms with Gasteiger partial charge in [-0.1, -0.05) is 11.6 Å². The SMILES string of the molecule is COc1ccc(Cl)cc1Nc1n[nH]c(C)c1[N+](=O)[O-]. The van der Waals surface area contributed by atoms with Crippen molar-refractivity contribution in [2.75, 3.05) is 12.4 Å². The van der Waals surface area contributed by atoms with Gasteiger partial charge in [-0.2, -0.15) is 0 Å². The molecule has 8 heteroatoms. The zero-order chi connectivity index (χ0) is 14.0. The molecule has 100 valence electrons. The Labute approximate surface area is 113 Å². The number of hydrogen-bond acceptors (Lipinski definition) is 5. The highest BCUT2D eigenvalue weighted by Crippen LogP contribution is 2.33. The highest BCUT2D eigenvalue weighted by Gasteiger charge is 2.22. The fourth-order valence-electron chi connectivity index (χ4n) is 1.64. The van der Waals surface area contributed by atoms with Crippen molar-refractivity contribution in [3.8, 4) is 5.75 Å². The number of nitrogens with zero attached hydrogens (tertiary/aromatic N) is 2. The first kappa shape index (κ1) is 13.2. The number of methoxy groups -OCH3 is 1. The summed E-state index contributed by atoms with van der Waals surface area (Å²) < 4.78 is 5.15. The molecule has 0 aliphatic rings. The summed E-state index contributed by atoms with van der Waals surface area (Å²) in [5.41, 5.74) is 0.764. The Hall–Kier alpha value is -2.28. The fraction of sp³-hybridized carbons (Fsp3) is 0.182. The first-order chi connectivity index (χ1) is 9.02. The van der Waals surface area contributed by atoms with Gasteiger partial charge >= 0.3 is 5.69 Å². The number of ether oxygens (including phenoxy) is 1. The zero-order valence-corrected chi connectivity index (χ0v) is 11.0. The van der Waals surface area contributed by atoms with Crippen LogP contribution >= 0.6 is 11.6 Å². The number of nitrogens with one attached hydrogen (secondary N) is 2. The number of halogens is 1. The van der Waals surface area contributed by atoms with Crippen molar-refractivity contribution >= 4 is 28.8 Å². The molecule has 2 rings (SSSR count). The first-order valence-corrected chi connectivity index (χ1v) is 5.70. The molecule has 0 fully saturated rings. The second kappa shape index (κ2) is 5.15. The predicted octanol–water partition coefficient (Wildman–Crippen LogP) is 3.03. The Balaban J connectivity index is 2.41. The van der Waals surface area contributed by atoms with Gasteiger partial charge in [0.05, 0.1) is 17.7 Å². The summed E-state index contributed by atoms with van der Waals surface area (Å²) in [6.07, 6.45) is 0. The Bertz CT molecular complexity index is 626. The third kappa shape index (κ3) is 2.60. The van der Waals surface area contributed by atoms with Crippen molar-refractivity contribution in [3.05, 3.63) is 39.0 Å². The number of aryl methyl sites for hydroxylation is 1. The van der Waals surface area contributed by atoms with E-state index >= 15 is 0 Å². The van der Waals surface area contributed by atoms with Crippen LogP contribution in [0.4, 0.5) is 17.2 Å². The predicted molar refractivity (Wildman–Crippen MR) is 71.3 cm³/mol. The van der Waals surface area contributed by atoms with Gasteiger partial charge in [0.25, 0.3) is 0 Å². The molecule has 19 heavy (non-hydrogen) atoms. The van der Waals surface area contributed by atoms with Crippen LogP contribution in [0.3, 0.4) is 0 Å². The van der Waals surface area contributed by atoms with Gasteiger partial charge < -0.3 is 10.1 Å². The van der Waals surface area contributed by atoms with Crippen molar-refractivity contribution in [3.63, 3.8) is 0 Å². The van der Waals surface area contributed by atoms with Crippen LogP contribution in [0.1, 0.15) is 5.69 Å². The first-order valence-electron chi connectivity index (χ1n) is 5.33. The van der Waals surface area contributed by atoms with Gasteiger partial charge in [-0.15, -0.1) is 5.10 Å². The molecule has 0 radical (unpaired) electrons. The summed E-state index contributed by atoms with van der Waals surface area (Å²) in [4.78, 5) is 10.5. The molecule has 0 saturated carbocycles. The van der Waals surface area contributed by atoms with Crippen LogP contribution in [0.2, 0.25) is 5.02 Å². The second-order valence-corrected chi connectivity index (χ2v) is 4.21.